The highest BCUT2D eigenvalue weighted by Gasteiger charge is 2.48. The van der Waals surface area contributed by atoms with Crippen LogP contribution in [0.3, 0.4) is 0 Å². The lowest BCUT2D eigenvalue weighted by atomic mass is 10.0. The molecule has 1 saturated heterocycles. The van der Waals surface area contributed by atoms with Crippen molar-refractivity contribution in [1.29, 1.82) is 0 Å². The Morgan fingerprint density at radius 3 is 2.05 bits per heavy atom. The van der Waals surface area contributed by atoms with Gasteiger partial charge >= 0.3 is 0 Å². The molecular formula is C30H37N3O4S2. The standard InChI is InChI=1S/C30H37N3O4S2/c1-22(2)32(20-23-8-6-5-7-9-23)21-24-10-12-25(13-11-24)26-14-16-27(17-15-26)39(36,37)33-18-19-38-30(3,4)28(33)29(34)31-35/h5-17,22,28,35H,18-21H2,1-4H3,(H,31,34)/t28-/m0/s1. The number of hydroxylamine groups is 1. The van der Waals surface area contributed by atoms with Crippen LogP contribution in [0, 0.1) is 0 Å². The highest BCUT2D eigenvalue weighted by atomic mass is 32.2. The summed E-state index contributed by atoms with van der Waals surface area (Å²) < 4.78 is 27.6. The van der Waals surface area contributed by atoms with Gasteiger partial charge in [0.2, 0.25) is 10.0 Å². The van der Waals surface area contributed by atoms with Crippen molar-refractivity contribution in [2.75, 3.05) is 12.3 Å². The summed E-state index contributed by atoms with van der Waals surface area (Å²) in [6.07, 6.45) is 0. The highest BCUT2D eigenvalue weighted by molar-refractivity contribution is 8.01. The second-order valence-corrected chi connectivity index (χ2v) is 14.3. The molecule has 1 heterocycles. The molecule has 1 atom stereocenters. The summed E-state index contributed by atoms with van der Waals surface area (Å²) >= 11 is 1.51. The van der Waals surface area contributed by atoms with E-state index in [1.807, 2.05) is 19.9 Å². The number of hydrogen-bond acceptors (Lipinski definition) is 6. The second kappa shape index (κ2) is 12.2. The number of carbonyl (C=O) groups is 1. The van der Waals surface area contributed by atoms with Crippen molar-refractivity contribution < 1.29 is 18.4 Å². The molecule has 0 aromatic heterocycles. The Kier molecular flexibility index (Phi) is 9.18. The zero-order chi connectivity index (χ0) is 28.2. The molecule has 0 radical (unpaired) electrons. The van der Waals surface area contributed by atoms with Crippen molar-refractivity contribution in [2.45, 2.75) is 62.5 Å². The van der Waals surface area contributed by atoms with Gasteiger partial charge in [-0.25, -0.2) is 13.9 Å². The summed E-state index contributed by atoms with van der Waals surface area (Å²) in [5.74, 6) is -0.168. The number of carbonyl (C=O) groups excluding carboxylic acids is 1. The normalized spacial score (nSPS) is 17.9. The molecule has 0 saturated carbocycles. The summed E-state index contributed by atoms with van der Waals surface area (Å²) in [4.78, 5) is 15.0. The van der Waals surface area contributed by atoms with E-state index >= 15 is 0 Å². The summed E-state index contributed by atoms with van der Waals surface area (Å²) in [6.45, 7) is 9.93. The van der Waals surface area contributed by atoms with Crippen LogP contribution in [0.25, 0.3) is 11.1 Å². The Morgan fingerprint density at radius 2 is 1.51 bits per heavy atom. The molecule has 3 aromatic rings. The molecule has 1 aliphatic rings. The number of hydrogen-bond donors (Lipinski definition) is 2. The average Bonchev–Trinajstić information content (AvgIpc) is 2.92. The Balaban J connectivity index is 1.50. The summed E-state index contributed by atoms with van der Waals surface area (Å²) in [6, 6.07) is 24.9. The van der Waals surface area contributed by atoms with Gasteiger partial charge in [0.05, 0.1) is 4.90 Å². The lowest BCUT2D eigenvalue weighted by Crippen LogP contribution is -2.61. The van der Waals surface area contributed by atoms with Gasteiger partial charge in [0, 0.05) is 36.2 Å². The van der Waals surface area contributed by atoms with E-state index in [-0.39, 0.29) is 11.4 Å². The zero-order valence-corrected chi connectivity index (χ0v) is 24.5. The molecule has 39 heavy (non-hydrogen) atoms. The van der Waals surface area contributed by atoms with Crippen molar-refractivity contribution in [3.63, 3.8) is 0 Å². The fourth-order valence-corrected chi connectivity index (χ4v) is 8.06. The average molecular weight is 568 g/mol. The minimum Gasteiger partial charge on any atom is -0.292 e. The fraction of sp³-hybridized carbons (Fsp3) is 0.367. The van der Waals surface area contributed by atoms with Crippen LogP contribution in [0.2, 0.25) is 0 Å². The van der Waals surface area contributed by atoms with Crippen LogP contribution in [-0.2, 0) is 27.9 Å². The number of thioether (sulfide) groups is 1. The smallest absolute Gasteiger partial charge is 0.263 e. The maximum atomic E-state index is 13.5. The minimum absolute atomic E-state index is 0.120. The van der Waals surface area contributed by atoms with Gasteiger partial charge in [0.15, 0.2) is 0 Å². The topological polar surface area (TPSA) is 90.0 Å². The molecule has 7 nitrogen and oxygen atoms in total. The van der Waals surface area contributed by atoms with Crippen molar-refractivity contribution in [2.24, 2.45) is 0 Å². The van der Waals surface area contributed by atoms with Gasteiger partial charge in [-0.3, -0.25) is 14.9 Å². The van der Waals surface area contributed by atoms with Crippen molar-refractivity contribution in [3.05, 3.63) is 90.0 Å². The molecule has 2 N–H and O–H groups in total. The lowest BCUT2D eigenvalue weighted by Gasteiger charge is -2.43. The van der Waals surface area contributed by atoms with E-state index < -0.39 is 26.7 Å². The fourth-order valence-electron chi connectivity index (χ4n) is 4.95. The molecule has 4 rings (SSSR count). The molecule has 0 spiro atoms. The van der Waals surface area contributed by atoms with Crippen LogP contribution in [0.4, 0.5) is 0 Å². The highest BCUT2D eigenvalue weighted by Crippen LogP contribution is 2.38. The predicted molar refractivity (Wildman–Crippen MR) is 157 cm³/mol. The Labute approximate surface area is 236 Å². The van der Waals surface area contributed by atoms with E-state index in [1.54, 1.807) is 29.7 Å². The van der Waals surface area contributed by atoms with Crippen molar-refractivity contribution >= 4 is 27.7 Å². The SMILES string of the molecule is CC(C)N(Cc1ccccc1)Cc1ccc(-c2ccc(S(=O)(=O)N3CCSC(C)(C)[C@@H]3C(=O)NO)cc2)cc1. The zero-order valence-electron chi connectivity index (χ0n) is 22.9. The van der Waals surface area contributed by atoms with Gasteiger partial charge in [0.25, 0.3) is 5.91 Å². The maximum Gasteiger partial charge on any atom is 0.263 e. The van der Waals surface area contributed by atoms with Crippen LogP contribution in [0.1, 0.15) is 38.8 Å². The Morgan fingerprint density at radius 1 is 0.974 bits per heavy atom. The van der Waals surface area contributed by atoms with Gasteiger partial charge in [-0.15, -0.1) is 0 Å². The molecule has 1 fully saturated rings. The van der Waals surface area contributed by atoms with Crippen LogP contribution in [-0.4, -0.2) is 57.9 Å². The number of rotatable bonds is 9. The van der Waals surface area contributed by atoms with Gasteiger partial charge in [0.1, 0.15) is 6.04 Å². The molecule has 0 unspecified atom stereocenters. The predicted octanol–water partition coefficient (Wildman–Crippen LogP) is 5.15. The van der Waals surface area contributed by atoms with E-state index in [2.05, 4.69) is 67.3 Å². The van der Waals surface area contributed by atoms with E-state index in [0.717, 1.165) is 24.2 Å². The van der Waals surface area contributed by atoms with Gasteiger partial charge in [-0.1, -0.05) is 66.7 Å². The van der Waals surface area contributed by atoms with E-state index in [4.69, 9.17) is 0 Å². The van der Waals surface area contributed by atoms with Gasteiger partial charge in [-0.2, -0.15) is 16.1 Å². The molecule has 1 amide bonds. The molecular weight excluding hydrogens is 530 g/mol. The second-order valence-electron chi connectivity index (χ2n) is 10.7. The Hall–Kier alpha value is -2.69. The number of amides is 1. The number of sulfonamides is 1. The summed E-state index contributed by atoms with van der Waals surface area (Å²) in [5.41, 5.74) is 6.04. The molecule has 9 heteroatoms. The van der Waals surface area contributed by atoms with E-state index in [0.29, 0.717) is 11.8 Å². The number of benzene rings is 3. The third-order valence-electron chi connectivity index (χ3n) is 7.18. The summed E-state index contributed by atoms with van der Waals surface area (Å²) in [5, 5.41) is 9.26. The first-order valence-corrected chi connectivity index (χ1v) is 15.5. The van der Waals surface area contributed by atoms with E-state index in [9.17, 15) is 18.4 Å². The number of nitrogens with zero attached hydrogens (tertiary/aromatic N) is 2. The quantitative estimate of drug-likeness (QED) is 0.275. The monoisotopic (exact) mass is 567 g/mol. The number of nitrogens with one attached hydrogen (secondary N) is 1. The third-order valence-corrected chi connectivity index (χ3v) is 10.4. The van der Waals surface area contributed by atoms with Crippen molar-refractivity contribution in [3.8, 4) is 11.1 Å². The van der Waals surface area contributed by atoms with Crippen LogP contribution in [0.5, 0.6) is 0 Å². The van der Waals surface area contributed by atoms with E-state index in [1.165, 1.54) is 27.2 Å². The van der Waals surface area contributed by atoms with Crippen LogP contribution in [0.15, 0.2) is 83.8 Å². The largest absolute Gasteiger partial charge is 0.292 e. The van der Waals surface area contributed by atoms with Gasteiger partial charge < -0.3 is 0 Å². The first-order chi connectivity index (χ1) is 18.5. The maximum absolute atomic E-state index is 13.5. The minimum atomic E-state index is -3.95. The first-order valence-electron chi connectivity index (χ1n) is 13.1. The van der Waals surface area contributed by atoms with Gasteiger partial charge in [-0.05, 0) is 62.1 Å². The van der Waals surface area contributed by atoms with Crippen LogP contribution < -0.4 is 5.48 Å². The van der Waals surface area contributed by atoms with Crippen LogP contribution >= 0.6 is 11.8 Å². The molecule has 208 valence electrons. The first kappa shape index (κ1) is 29.3. The molecule has 0 aliphatic carbocycles. The third kappa shape index (κ3) is 6.73. The summed E-state index contributed by atoms with van der Waals surface area (Å²) in [7, 11) is -3.95. The lowest BCUT2D eigenvalue weighted by molar-refractivity contribution is -0.134. The van der Waals surface area contributed by atoms with Crippen molar-refractivity contribution in [1.82, 2.24) is 14.7 Å². The molecule has 0 bridgehead atoms. The molecule has 1 aliphatic heterocycles. The molecule has 3 aromatic carbocycles. The Bertz CT molecular complexity index is 1360.